The van der Waals surface area contributed by atoms with Crippen LogP contribution in [-0.2, 0) is 0 Å². The summed E-state index contributed by atoms with van der Waals surface area (Å²) in [6.07, 6.45) is 3.72. The van der Waals surface area contributed by atoms with E-state index >= 15 is 0 Å². The highest BCUT2D eigenvalue weighted by Crippen LogP contribution is 2.20. The number of likely N-dealkylation sites (N-methyl/N-ethyl adjacent to an activating group) is 1. The van der Waals surface area contributed by atoms with Gasteiger partial charge >= 0.3 is 0 Å². The first kappa shape index (κ1) is 12.7. The Labute approximate surface area is 94.2 Å². The Hall–Kier alpha value is -1.40. The first-order chi connectivity index (χ1) is 7.60. The number of allylic oxidation sites excluding steroid dienone is 1. The van der Waals surface area contributed by atoms with E-state index < -0.39 is 4.92 Å². The highest BCUT2D eigenvalue weighted by atomic mass is 16.6. The summed E-state index contributed by atoms with van der Waals surface area (Å²) in [7, 11) is 0. The largest absolute Gasteiger partial charge is 0.395 e. The molecule has 0 bridgehead atoms. The van der Waals surface area contributed by atoms with E-state index in [-0.39, 0.29) is 24.0 Å². The third-order valence-corrected chi connectivity index (χ3v) is 2.72. The van der Waals surface area contributed by atoms with E-state index in [9.17, 15) is 10.1 Å². The lowest BCUT2D eigenvalue weighted by atomic mass is 10.0. The second-order valence-electron chi connectivity index (χ2n) is 3.64. The fourth-order valence-corrected chi connectivity index (χ4v) is 1.81. The Kier molecular flexibility index (Phi) is 4.45. The predicted molar refractivity (Wildman–Crippen MR) is 60.1 cm³/mol. The minimum absolute atomic E-state index is 0.0468. The van der Waals surface area contributed by atoms with E-state index in [0.29, 0.717) is 13.0 Å². The molecular formula is C10H17N3O3. The number of hydrogen-bond donors (Lipinski definition) is 2. The van der Waals surface area contributed by atoms with E-state index in [4.69, 9.17) is 10.8 Å². The highest BCUT2D eigenvalue weighted by Gasteiger charge is 2.26. The Balaban J connectivity index is 2.76. The van der Waals surface area contributed by atoms with Gasteiger partial charge in [-0.1, -0.05) is 13.0 Å². The summed E-state index contributed by atoms with van der Waals surface area (Å²) >= 11 is 0. The van der Waals surface area contributed by atoms with Gasteiger partial charge in [-0.3, -0.25) is 15.0 Å². The normalized spacial score (nSPS) is 20.6. The Bertz CT molecular complexity index is 325. The zero-order valence-electron chi connectivity index (χ0n) is 9.30. The maximum atomic E-state index is 10.7. The van der Waals surface area contributed by atoms with Crippen LogP contribution in [0.1, 0.15) is 13.3 Å². The van der Waals surface area contributed by atoms with E-state index in [0.717, 1.165) is 6.54 Å². The first-order valence-corrected chi connectivity index (χ1v) is 5.26. The van der Waals surface area contributed by atoms with Crippen LogP contribution in [0.5, 0.6) is 0 Å². The fraction of sp³-hybridized carbons (Fsp3) is 0.600. The summed E-state index contributed by atoms with van der Waals surface area (Å²) in [5.41, 5.74) is 5.82. The van der Waals surface area contributed by atoms with Crippen LogP contribution >= 0.6 is 0 Å². The molecule has 3 N–H and O–H groups in total. The summed E-state index contributed by atoms with van der Waals surface area (Å²) in [5.74, 6) is 0. The number of nitrogens with two attached hydrogens (primary N) is 1. The van der Waals surface area contributed by atoms with Crippen LogP contribution in [0, 0.1) is 10.1 Å². The molecule has 0 amide bonds. The SMILES string of the molecule is CCN(CCO)C1C=CC(N)=C([N+](=O)[O-])C1. The van der Waals surface area contributed by atoms with Gasteiger partial charge in [-0.2, -0.15) is 0 Å². The minimum atomic E-state index is -0.432. The van der Waals surface area contributed by atoms with Gasteiger partial charge in [0.2, 0.25) is 0 Å². The Morgan fingerprint density at radius 2 is 2.44 bits per heavy atom. The molecule has 0 aliphatic heterocycles. The van der Waals surface area contributed by atoms with Gasteiger partial charge < -0.3 is 10.8 Å². The summed E-state index contributed by atoms with van der Waals surface area (Å²) in [4.78, 5) is 12.3. The molecule has 1 atom stereocenters. The molecule has 1 unspecified atom stereocenters. The van der Waals surface area contributed by atoms with Gasteiger partial charge in [0, 0.05) is 12.6 Å². The predicted octanol–water partition coefficient (Wildman–Crippen LogP) is 0.0761. The molecule has 0 saturated carbocycles. The lowest BCUT2D eigenvalue weighted by Gasteiger charge is -2.28. The number of hydrogen-bond acceptors (Lipinski definition) is 5. The lowest BCUT2D eigenvalue weighted by Crippen LogP contribution is -2.38. The maximum Gasteiger partial charge on any atom is 0.270 e. The van der Waals surface area contributed by atoms with Crippen molar-refractivity contribution in [2.45, 2.75) is 19.4 Å². The molecule has 90 valence electrons. The summed E-state index contributed by atoms with van der Waals surface area (Å²) in [5, 5.41) is 19.6. The number of aliphatic hydroxyl groups is 1. The second kappa shape index (κ2) is 5.62. The number of nitrogens with zero attached hydrogens (tertiary/aromatic N) is 2. The zero-order chi connectivity index (χ0) is 12.1. The van der Waals surface area contributed by atoms with E-state index in [2.05, 4.69) is 0 Å². The molecule has 1 rings (SSSR count). The Morgan fingerprint density at radius 3 is 2.94 bits per heavy atom. The third kappa shape index (κ3) is 2.80. The zero-order valence-corrected chi connectivity index (χ0v) is 9.30. The molecule has 0 saturated heterocycles. The van der Waals surface area contributed by atoms with Gasteiger partial charge in [-0.05, 0) is 12.6 Å². The minimum Gasteiger partial charge on any atom is -0.395 e. The van der Waals surface area contributed by atoms with Crippen LogP contribution in [0.15, 0.2) is 23.5 Å². The molecule has 0 radical (unpaired) electrons. The van der Waals surface area contributed by atoms with Crippen LogP contribution in [0.3, 0.4) is 0 Å². The molecule has 1 aliphatic carbocycles. The summed E-state index contributed by atoms with van der Waals surface area (Å²) < 4.78 is 0. The van der Waals surface area contributed by atoms with Crippen molar-refractivity contribution in [1.29, 1.82) is 0 Å². The van der Waals surface area contributed by atoms with Crippen molar-refractivity contribution >= 4 is 0 Å². The van der Waals surface area contributed by atoms with Crippen LogP contribution in [-0.4, -0.2) is 40.7 Å². The van der Waals surface area contributed by atoms with Crippen molar-refractivity contribution < 1.29 is 10.0 Å². The van der Waals surface area contributed by atoms with Crippen molar-refractivity contribution in [3.8, 4) is 0 Å². The molecule has 0 heterocycles. The van der Waals surface area contributed by atoms with E-state index in [1.54, 1.807) is 6.08 Å². The quantitative estimate of drug-likeness (QED) is 0.512. The van der Waals surface area contributed by atoms with Gasteiger partial charge in [0.1, 0.15) is 5.70 Å². The summed E-state index contributed by atoms with van der Waals surface area (Å²) in [6.45, 7) is 3.25. The van der Waals surface area contributed by atoms with Crippen molar-refractivity contribution in [2.75, 3.05) is 19.7 Å². The molecule has 16 heavy (non-hydrogen) atoms. The van der Waals surface area contributed by atoms with Crippen molar-refractivity contribution in [3.63, 3.8) is 0 Å². The fourth-order valence-electron chi connectivity index (χ4n) is 1.81. The molecule has 0 fully saturated rings. The number of rotatable bonds is 5. The number of nitro groups is 1. The van der Waals surface area contributed by atoms with E-state index in [1.165, 1.54) is 0 Å². The van der Waals surface area contributed by atoms with Gasteiger partial charge in [0.25, 0.3) is 5.70 Å². The second-order valence-corrected chi connectivity index (χ2v) is 3.64. The molecular weight excluding hydrogens is 210 g/mol. The van der Waals surface area contributed by atoms with Gasteiger partial charge in [-0.25, -0.2) is 0 Å². The smallest absolute Gasteiger partial charge is 0.270 e. The van der Waals surface area contributed by atoms with Crippen LogP contribution in [0.25, 0.3) is 0 Å². The average Bonchev–Trinajstić information content (AvgIpc) is 2.26. The standard InChI is InChI=1S/C10H17N3O3/c1-2-12(5-6-14)8-3-4-9(11)10(7-8)13(15)16/h3-4,8,14H,2,5-7,11H2,1H3. The monoisotopic (exact) mass is 227 g/mol. The van der Waals surface area contributed by atoms with Crippen molar-refractivity contribution in [1.82, 2.24) is 4.90 Å². The molecule has 1 aliphatic rings. The van der Waals surface area contributed by atoms with Gasteiger partial charge in [-0.15, -0.1) is 0 Å². The number of aliphatic hydroxyl groups excluding tert-OH is 1. The maximum absolute atomic E-state index is 10.7. The highest BCUT2D eigenvalue weighted by molar-refractivity contribution is 5.26. The molecule has 0 aromatic rings. The molecule has 6 heteroatoms. The molecule has 0 aromatic carbocycles. The van der Waals surface area contributed by atoms with Gasteiger partial charge in [0.15, 0.2) is 0 Å². The topological polar surface area (TPSA) is 92.6 Å². The van der Waals surface area contributed by atoms with Crippen LogP contribution in [0.2, 0.25) is 0 Å². The summed E-state index contributed by atoms with van der Waals surface area (Å²) in [6, 6.07) is -0.0511. The molecule has 0 aromatic heterocycles. The van der Waals surface area contributed by atoms with Crippen LogP contribution < -0.4 is 5.73 Å². The van der Waals surface area contributed by atoms with Crippen LogP contribution in [0.4, 0.5) is 0 Å². The van der Waals surface area contributed by atoms with Gasteiger partial charge in [0.05, 0.1) is 18.0 Å². The third-order valence-electron chi connectivity index (χ3n) is 2.72. The average molecular weight is 227 g/mol. The lowest BCUT2D eigenvalue weighted by molar-refractivity contribution is -0.429. The molecule has 6 nitrogen and oxygen atoms in total. The Morgan fingerprint density at radius 1 is 1.75 bits per heavy atom. The molecule has 0 spiro atoms. The first-order valence-electron chi connectivity index (χ1n) is 5.26. The van der Waals surface area contributed by atoms with Crippen molar-refractivity contribution in [2.24, 2.45) is 5.73 Å². The van der Waals surface area contributed by atoms with E-state index in [1.807, 2.05) is 17.9 Å². The van der Waals surface area contributed by atoms with Crippen molar-refractivity contribution in [3.05, 3.63) is 33.7 Å².